The molecule has 0 heterocycles. The zero-order valence-corrected chi connectivity index (χ0v) is 29.0. The van der Waals surface area contributed by atoms with Crippen LogP contribution in [0.4, 0.5) is 0 Å². The normalized spacial score (nSPS) is 25.8. The van der Waals surface area contributed by atoms with E-state index in [2.05, 4.69) is 16.0 Å². The first-order valence-electron chi connectivity index (χ1n) is 17.2. The Morgan fingerprint density at radius 1 is 1.00 bits per heavy atom. The zero-order valence-electron chi connectivity index (χ0n) is 29.0. The van der Waals surface area contributed by atoms with Crippen LogP contribution in [-0.4, -0.2) is 80.5 Å². The number of nitrogens with zero attached hydrogens (tertiary/aromatic N) is 1. The topological polar surface area (TPSA) is 256 Å². The summed E-state index contributed by atoms with van der Waals surface area (Å²) in [5.41, 5.74) is 8.20. The highest BCUT2D eigenvalue weighted by Gasteiger charge is 2.48. The predicted molar refractivity (Wildman–Crippen MR) is 184 cm³/mol. The summed E-state index contributed by atoms with van der Waals surface area (Å²) >= 11 is 0. The first kappa shape index (κ1) is 37.8. The van der Waals surface area contributed by atoms with Crippen molar-refractivity contribution in [2.75, 3.05) is 7.11 Å². The molecule has 1 saturated carbocycles. The van der Waals surface area contributed by atoms with E-state index in [1.807, 2.05) is 6.92 Å². The van der Waals surface area contributed by atoms with Crippen LogP contribution in [0.5, 0.6) is 17.2 Å². The third-order valence-corrected chi connectivity index (χ3v) is 10.4. The highest BCUT2D eigenvalue weighted by molar-refractivity contribution is 6.31. The van der Waals surface area contributed by atoms with Crippen LogP contribution in [0.25, 0.3) is 0 Å². The number of hydrazone groups is 1. The summed E-state index contributed by atoms with van der Waals surface area (Å²) in [5, 5.41) is 50.3. The van der Waals surface area contributed by atoms with E-state index in [0.717, 1.165) is 6.42 Å². The molecule has 6 atom stereocenters. The second-order valence-electron chi connectivity index (χ2n) is 13.9. The van der Waals surface area contributed by atoms with Gasteiger partial charge in [0.05, 0.1) is 47.8 Å². The average Bonchev–Trinajstić information content (AvgIpc) is 3.10. The summed E-state index contributed by atoms with van der Waals surface area (Å²) in [5.74, 6) is 1.78. The number of phenols is 2. The number of phenolic OH excluding ortho intramolecular Hbond substituents is 2. The molecule has 10 N–H and O–H groups in total. The Labute approximate surface area is 295 Å². The molecule has 15 heteroatoms. The standard InChI is InChI=1S/C36H47N5O10/c1-17-13-19(14-22(37)31(17)44)51-24-16-36(49,18(2)40-41-26(43)12-7-5-4-6-11-25(42)39-38)15-21-28(24)35(48)30-29(33(21)46)32(45)20-9-8-10-23(50-3)27(20)34(30)47/h8-10,17,19,22,24,31,44,46,48-49H,4-7,11-16,37-38H2,1-3H3,(H,39,42)(H,41,43)/b40-18+. The third-order valence-electron chi connectivity index (χ3n) is 10.4. The van der Waals surface area contributed by atoms with Crippen LogP contribution in [0.2, 0.25) is 0 Å². The number of amides is 2. The van der Waals surface area contributed by atoms with Crippen molar-refractivity contribution in [3.8, 4) is 17.2 Å². The first-order chi connectivity index (χ1) is 24.2. The van der Waals surface area contributed by atoms with Crippen LogP contribution in [0.1, 0.15) is 121 Å². The number of ether oxygens (including phenoxy) is 2. The van der Waals surface area contributed by atoms with Crippen LogP contribution in [0.3, 0.4) is 0 Å². The minimum atomic E-state index is -1.84. The van der Waals surface area contributed by atoms with Crippen molar-refractivity contribution in [2.24, 2.45) is 22.6 Å². The number of nitrogens with two attached hydrogens (primary N) is 2. The van der Waals surface area contributed by atoms with Gasteiger partial charge in [-0.15, -0.1) is 0 Å². The number of fused-ring (bicyclic) bond motifs is 3. The Morgan fingerprint density at radius 3 is 2.31 bits per heavy atom. The van der Waals surface area contributed by atoms with Crippen molar-refractivity contribution in [1.82, 2.24) is 10.9 Å². The van der Waals surface area contributed by atoms with Crippen LogP contribution in [0.15, 0.2) is 23.3 Å². The van der Waals surface area contributed by atoms with Crippen molar-refractivity contribution < 1.29 is 49.1 Å². The first-order valence-corrected chi connectivity index (χ1v) is 17.2. The van der Waals surface area contributed by atoms with Gasteiger partial charge in [-0.25, -0.2) is 11.3 Å². The molecule has 0 aromatic heterocycles. The molecule has 15 nitrogen and oxygen atoms in total. The summed E-state index contributed by atoms with van der Waals surface area (Å²) in [6.45, 7) is 3.34. The van der Waals surface area contributed by atoms with Gasteiger partial charge in [0.1, 0.15) is 22.8 Å². The van der Waals surface area contributed by atoms with Crippen LogP contribution >= 0.6 is 0 Å². The van der Waals surface area contributed by atoms with Gasteiger partial charge in [-0.3, -0.25) is 24.6 Å². The number of carbonyl (C=O) groups excluding carboxylic acids is 4. The van der Waals surface area contributed by atoms with Gasteiger partial charge in [0, 0.05) is 48.4 Å². The molecule has 2 aromatic carbocycles. The van der Waals surface area contributed by atoms with E-state index >= 15 is 0 Å². The number of ketones is 2. The molecule has 2 aromatic rings. The fourth-order valence-electron chi connectivity index (χ4n) is 7.47. The van der Waals surface area contributed by atoms with Gasteiger partial charge in [0.2, 0.25) is 17.6 Å². The Hall–Kier alpha value is -4.41. The van der Waals surface area contributed by atoms with E-state index in [1.165, 1.54) is 32.2 Å². The maximum Gasteiger partial charge on any atom is 0.240 e. The van der Waals surface area contributed by atoms with Gasteiger partial charge in [-0.05, 0) is 44.6 Å². The lowest BCUT2D eigenvalue weighted by Gasteiger charge is -2.43. The molecule has 2 amide bonds. The van der Waals surface area contributed by atoms with E-state index in [0.29, 0.717) is 32.1 Å². The molecule has 276 valence electrons. The van der Waals surface area contributed by atoms with Gasteiger partial charge in [-0.2, -0.15) is 5.10 Å². The monoisotopic (exact) mass is 709 g/mol. The zero-order chi connectivity index (χ0) is 37.2. The highest BCUT2D eigenvalue weighted by atomic mass is 16.5. The SMILES string of the molecule is COc1cccc2c1C(=O)c1c(O)c3c(c(O)c1C2=O)CC(O)(/C(C)=N/NC(=O)CCCCCCC(=O)NN)CC3OC1CC(C)C(O)C(N)C1. The lowest BCUT2D eigenvalue weighted by Crippen LogP contribution is -2.49. The largest absolute Gasteiger partial charge is 0.507 e. The lowest BCUT2D eigenvalue weighted by molar-refractivity contribution is -0.122. The Kier molecular flexibility index (Phi) is 11.5. The number of hydrogen-bond acceptors (Lipinski definition) is 13. The molecule has 5 rings (SSSR count). The molecule has 3 aliphatic carbocycles. The Bertz CT molecular complexity index is 1730. The molecule has 0 bridgehead atoms. The van der Waals surface area contributed by atoms with Crippen molar-refractivity contribution in [2.45, 2.75) is 108 Å². The molecule has 3 aliphatic rings. The van der Waals surface area contributed by atoms with Gasteiger partial charge in [0.15, 0.2) is 5.78 Å². The molecule has 0 radical (unpaired) electrons. The number of benzene rings is 2. The fraction of sp³-hybridized carbons (Fsp3) is 0.528. The maximum atomic E-state index is 13.9. The molecule has 0 aliphatic heterocycles. The van der Waals surface area contributed by atoms with Crippen LogP contribution in [0, 0.1) is 5.92 Å². The molecule has 6 unspecified atom stereocenters. The van der Waals surface area contributed by atoms with Crippen molar-refractivity contribution in [1.29, 1.82) is 0 Å². The number of hydrogen-bond donors (Lipinski definition) is 8. The number of hydrazine groups is 1. The number of aromatic hydroxyl groups is 2. The number of rotatable bonds is 12. The van der Waals surface area contributed by atoms with E-state index in [-0.39, 0.29) is 71.2 Å². The number of carbonyl (C=O) groups is 4. The summed E-state index contributed by atoms with van der Waals surface area (Å²) in [7, 11) is 1.35. The maximum absolute atomic E-state index is 13.9. The lowest BCUT2D eigenvalue weighted by atomic mass is 9.71. The molecular weight excluding hydrogens is 662 g/mol. The summed E-state index contributed by atoms with van der Waals surface area (Å²) in [4.78, 5) is 51.7. The summed E-state index contributed by atoms with van der Waals surface area (Å²) in [6, 6.07) is 3.89. The number of nitrogens with one attached hydrogen (secondary N) is 2. The van der Waals surface area contributed by atoms with Crippen LogP contribution in [-0.2, 0) is 20.7 Å². The van der Waals surface area contributed by atoms with Gasteiger partial charge >= 0.3 is 0 Å². The number of aliphatic hydroxyl groups is 2. The van der Waals surface area contributed by atoms with E-state index in [1.54, 1.807) is 0 Å². The number of aliphatic hydroxyl groups excluding tert-OH is 1. The van der Waals surface area contributed by atoms with E-state index < -0.39 is 70.1 Å². The molecule has 0 saturated heterocycles. The van der Waals surface area contributed by atoms with Crippen LogP contribution < -0.4 is 27.2 Å². The van der Waals surface area contributed by atoms with Gasteiger partial charge in [0.25, 0.3) is 0 Å². The second-order valence-corrected chi connectivity index (χ2v) is 13.9. The fourth-order valence-corrected chi connectivity index (χ4v) is 7.47. The Morgan fingerprint density at radius 2 is 1.67 bits per heavy atom. The molecular formula is C36H47N5O10. The minimum Gasteiger partial charge on any atom is -0.507 e. The number of unbranched alkanes of at least 4 members (excludes halogenated alkanes) is 3. The second kappa shape index (κ2) is 15.5. The van der Waals surface area contributed by atoms with E-state index in [9.17, 15) is 39.6 Å². The average molecular weight is 710 g/mol. The molecule has 51 heavy (non-hydrogen) atoms. The predicted octanol–water partition coefficient (Wildman–Crippen LogP) is 1.93. The van der Waals surface area contributed by atoms with Crippen molar-refractivity contribution in [3.05, 3.63) is 51.6 Å². The highest BCUT2D eigenvalue weighted by Crippen LogP contribution is 2.52. The van der Waals surface area contributed by atoms with Gasteiger partial charge < -0.3 is 35.6 Å². The smallest absolute Gasteiger partial charge is 0.240 e. The summed E-state index contributed by atoms with van der Waals surface area (Å²) in [6.07, 6.45) is 0.820. The third kappa shape index (κ3) is 7.48. The molecule has 0 spiro atoms. The minimum absolute atomic E-state index is 0.00474. The summed E-state index contributed by atoms with van der Waals surface area (Å²) < 4.78 is 11.9. The Balaban J connectivity index is 1.46. The van der Waals surface area contributed by atoms with E-state index in [4.69, 9.17) is 21.1 Å². The number of methoxy groups -OCH3 is 1. The molecule has 1 fully saturated rings. The quantitative estimate of drug-likeness (QED) is 0.0335. The van der Waals surface area contributed by atoms with Crippen molar-refractivity contribution >= 4 is 29.1 Å². The van der Waals surface area contributed by atoms with Crippen molar-refractivity contribution in [3.63, 3.8) is 0 Å². The van der Waals surface area contributed by atoms with Gasteiger partial charge in [-0.1, -0.05) is 31.9 Å².